The molecule has 1 aromatic carbocycles. The van der Waals surface area contributed by atoms with Crippen molar-refractivity contribution >= 4 is 6.34 Å². The molecule has 4 unspecified atom stereocenters. The van der Waals surface area contributed by atoms with Gasteiger partial charge >= 0.3 is 0 Å². The largest absolute Gasteiger partial charge is 0.393 e. The molecule has 4 atom stereocenters. The van der Waals surface area contributed by atoms with E-state index in [4.69, 9.17) is 4.99 Å². The molecule has 4 nitrogen and oxygen atoms in total. The minimum absolute atomic E-state index is 0.0764. The molecule has 0 saturated heterocycles. The highest BCUT2D eigenvalue weighted by atomic mass is 16.3. The molecule has 0 aromatic heterocycles. The van der Waals surface area contributed by atoms with Crippen LogP contribution >= 0.6 is 0 Å². The minimum Gasteiger partial charge on any atom is -0.393 e. The van der Waals surface area contributed by atoms with Crippen molar-refractivity contribution in [2.24, 2.45) is 4.99 Å². The highest BCUT2D eigenvalue weighted by Gasteiger charge is 2.44. The maximum Gasteiger partial charge on any atom is 0.107 e. The van der Waals surface area contributed by atoms with Crippen molar-refractivity contribution in [3.8, 4) is 0 Å². The van der Waals surface area contributed by atoms with Crippen LogP contribution in [0, 0.1) is 12.1 Å². The Bertz CT molecular complexity index is 708. The van der Waals surface area contributed by atoms with E-state index < -0.39 is 6.10 Å². The first-order valence-corrected chi connectivity index (χ1v) is 10.0. The average molecular weight is 380 g/mol. The van der Waals surface area contributed by atoms with E-state index >= 15 is 0 Å². The Balaban J connectivity index is 2.22. The Morgan fingerprint density at radius 3 is 2.89 bits per heavy atom. The van der Waals surface area contributed by atoms with Crippen LogP contribution in [-0.2, 0) is 0 Å². The van der Waals surface area contributed by atoms with Crippen molar-refractivity contribution in [2.75, 3.05) is 6.54 Å². The van der Waals surface area contributed by atoms with E-state index in [1.54, 1.807) is 6.20 Å². The monoisotopic (exact) mass is 379 g/mol. The van der Waals surface area contributed by atoms with E-state index in [1.807, 2.05) is 31.5 Å². The number of hydrogen-bond donors (Lipinski definition) is 2. The summed E-state index contributed by atoms with van der Waals surface area (Å²) >= 11 is 0. The van der Waals surface area contributed by atoms with E-state index in [9.17, 15) is 5.11 Å². The molecule has 1 aromatic rings. The van der Waals surface area contributed by atoms with E-state index in [2.05, 4.69) is 67.9 Å². The van der Waals surface area contributed by atoms with Gasteiger partial charge in [-0.05, 0) is 57.5 Å². The van der Waals surface area contributed by atoms with Crippen LogP contribution in [0.25, 0.3) is 0 Å². The normalized spacial score (nSPS) is 24.2. The Labute approximate surface area is 170 Å². The summed E-state index contributed by atoms with van der Waals surface area (Å²) in [7, 11) is 0. The fraction of sp³-hybridized carbons (Fsp3) is 0.458. The Morgan fingerprint density at radius 2 is 2.32 bits per heavy atom. The van der Waals surface area contributed by atoms with Crippen molar-refractivity contribution in [2.45, 2.75) is 64.3 Å². The van der Waals surface area contributed by atoms with Gasteiger partial charge in [0.2, 0.25) is 0 Å². The van der Waals surface area contributed by atoms with Crippen LogP contribution in [0.15, 0.2) is 59.8 Å². The quantitative estimate of drug-likeness (QED) is 0.599. The number of aliphatic imine (C=N–C) groups is 1. The van der Waals surface area contributed by atoms with Crippen LogP contribution in [0.5, 0.6) is 0 Å². The predicted molar refractivity (Wildman–Crippen MR) is 117 cm³/mol. The van der Waals surface area contributed by atoms with Crippen molar-refractivity contribution in [3.05, 3.63) is 72.5 Å². The van der Waals surface area contributed by atoms with Crippen LogP contribution in [0.1, 0.15) is 52.1 Å². The Kier molecular flexibility index (Phi) is 7.90. The maximum atomic E-state index is 10.2. The molecule has 0 spiro atoms. The number of nitrogens with zero attached hydrogens (tertiary/aromatic N) is 2. The molecule has 1 aliphatic heterocycles. The molecule has 2 N–H and O–H groups in total. The molecule has 28 heavy (non-hydrogen) atoms. The maximum absolute atomic E-state index is 10.2. The van der Waals surface area contributed by atoms with Gasteiger partial charge in [0.15, 0.2) is 0 Å². The van der Waals surface area contributed by atoms with Crippen molar-refractivity contribution in [3.63, 3.8) is 0 Å². The van der Waals surface area contributed by atoms with E-state index in [0.29, 0.717) is 6.42 Å². The van der Waals surface area contributed by atoms with Gasteiger partial charge in [-0.3, -0.25) is 4.99 Å². The third kappa shape index (κ3) is 5.27. The summed E-state index contributed by atoms with van der Waals surface area (Å²) in [5.41, 5.74) is 1.88. The highest BCUT2D eigenvalue weighted by Crippen LogP contribution is 2.41. The number of aliphatic hydroxyl groups excluding tert-OH is 1. The van der Waals surface area contributed by atoms with Crippen molar-refractivity contribution in [1.29, 1.82) is 0 Å². The standard InChI is InChI=1S/C24H33N3O/c1-6-20(14-15-22(7-2)25-8-3)17-27-18-26-23(21-12-10-9-11-13-21)24(27,5)16-19(4)28/h6,8-10,12,14-15,18-19,22-23,25,28H,3,7,16-17H2,1-2,4-5H3/b15-14-,20-6+. The lowest BCUT2D eigenvalue weighted by molar-refractivity contribution is 0.0924. The second-order valence-electron chi connectivity index (χ2n) is 7.56. The lowest BCUT2D eigenvalue weighted by atomic mass is 9.82. The molecular formula is C24H33N3O. The van der Waals surface area contributed by atoms with Gasteiger partial charge < -0.3 is 15.3 Å². The number of nitrogens with one attached hydrogen (secondary N) is 1. The zero-order valence-corrected chi connectivity index (χ0v) is 17.5. The van der Waals surface area contributed by atoms with E-state index in [-0.39, 0.29) is 17.6 Å². The first-order valence-electron chi connectivity index (χ1n) is 10.0. The molecule has 0 radical (unpaired) electrons. The van der Waals surface area contributed by atoms with Crippen molar-refractivity contribution < 1.29 is 5.11 Å². The molecule has 1 heterocycles. The zero-order valence-electron chi connectivity index (χ0n) is 17.5. The van der Waals surface area contributed by atoms with Crippen LogP contribution in [0.4, 0.5) is 0 Å². The summed E-state index contributed by atoms with van der Waals surface area (Å²) in [6.45, 7) is 12.7. The van der Waals surface area contributed by atoms with E-state index in [0.717, 1.165) is 18.5 Å². The molecule has 2 rings (SSSR count). The molecule has 0 amide bonds. The van der Waals surface area contributed by atoms with Crippen LogP contribution in [0.2, 0.25) is 0 Å². The van der Waals surface area contributed by atoms with Gasteiger partial charge in [0.05, 0.1) is 18.0 Å². The van der Waals surface area contributed by atoms with Crippen LogP contribution < -0.4 is 5.32 Å². The first kappa shape index (κ1) is 21.8. The summed E-state index contributed by atoms with van der Waals surface area (Å²) in [4.78, 5) is 7.03. The summed E-state index contributed by atoms with van der Waals surface area (Å²) in [5.74, 6) is 0. The number of rotatable bonds is 10. The first-order chi connectivity index (χ1) is 13.4. The predicted octanol–water partition coefficient (Wildman–Crippen LogP) is 4.22. The smallest absolute Gasteiger partial charge is 0.107 e. The third-order valence-corrected chi connectivity index (χ3v) is 5.31. The van der Waals surface area contributed by atoms with Crippen molar-refractivity contribution in [1.82, 2.24) is 10.2 Å². The molecular weight excluding hydrogens is 346 g/mol. The average Bonchev–Trinajstić information content (AvgIpc) is 2.99. The second-order valence-corrected chi connectivity index (χ2v) is 7.56. The topological polar surface area (TPSA) is 47.9 Å². The van der Waals surface area contributed by atoms with Gasteiger partial charge in [0, 0.05) is 18.2 Å². The molecule has 0 bridgehead atoms. The Morgan fingerprint density at radius 1 is 1.54 bits per heavy atom. The number of hydrogen-bond acceptors (Lipinski definition) is 4. The summed E-state index contributed by atoms with van der Waals surface area (Å²) in [5, 5.41) is 13.4. The zero-order chi connectivity index (χ0) is 20.6. The van der Waals surface area contributed by atoms with Gasteiger partial charge in [0.25, 0.3) is 0 Å². The molecule has 1 aliphatic rings. The number of aliphatic hydroxyl groups is 1. The summed E-state index contributed by atoms with van der Waals surface area (Å²) in [6.07, 6.45) is 11.3. The van der Waals surface area contributed by atoms with Gasteiger partial charge in [0.1, 0.15) is 6.04 Å². The molecule has 0 aliphatic carbocycles. The summed E-state index contributed by atoms with van der Waals surface area (Å²) < 4.78 is 0. The minimum atomic E-state index is -0.421. The molecule has 150 valence electrons. The fourth-order valence-corrected chi connectivity index (χ4v) is 3.72. The SMILES string of the molecule is C=CNC(/C=C\C(=C/C)CN1C=NC(c2c#cccc2)C1(C)CC(C)O)CC. The van der Waals surface area contributed by atoms with Gasteiger partial charge in [-0.1, -0.05) is 49.9 Å². The Hall–Kier alpha value is -2.51. The van der Waals surface area contributed by atoms with Gasteiger partial charge in [-0.25, -0.2) is 0 Å². The van der Waals surface area contributed by atoms with Crippen LogP contribution in [0.3, 0.4) is 0 Å². The van der Waals surface area contributed by atoms with E-state index in [1.165, 1.54) is 5.57 Å². The second kappa shape index (κ2) is 10.1. The third-order valence-electron chi connectivity index (χ3n) is 5.31. The van der Waals surface area contributed by atoms with Crippen LogP contribution in [-0.4, -0.2) is 40.6 Å². The molecule has 0 saturated carbocycles. The highest BCUT2D eigenvalue weighted by molar-refractivity contribution is 5.62. The molecule has 0 fully saturated rings. The van der Waals surface area contributed by atoms with Gasteiger partial charge in [-0.15, -0.1) is 0 Å². The van der Waals surface area contributed by atoms with Gasteiger partial charge in [-0.2, -0.15) is 0 Å². The number of allylic oxidation sites excluding steroid dienone is 1. The lowest BCUT2D eigenvalue weighted by Gasteiger charge is -2.40. The fourth-order valence-electron chi connectivity index (χ4n) is 3.72. The lowest BCUT2D eigenvalue weighted by Crippen LogP contribution is -2.48. The summed E-state index contributed by atoms with van der Waals surface area (Å²) in [6, 6.07) is 12.3. The molecule has 4 heteroatoms.